The van der Waals surface area contributed by atoms with Crippen LogP contribution >= 0.6 is 0 Å². The average Bonchev–Trinajstić information content (AvgIpc) is 3.02. The number of carbonyl (C=O) groups is 4. The second-order valence-corrected chi connectivity index (χ2v) is 10.2. The normalized spacial score (nSPS) is 23.0. The van der Waals surface area contributed by atoms with Gasteiger partial charge in [-0.2, -0.15) is 0 Å². The highest BCUT2D eigenvalue weighted by Crippen LogP contribution is 2.43. The SMILES string of the molecule is COc1ccc(NC(=O)[C@H](C)OC(=O)CN2C(=O)NC3(CCC(C(C)(C)C)CC3)C2=O)cc1OC. The van der Waals surface area contributed by atoms with Crippen LogP contribution in [0.4, 0.5) is 10.5 Å². The van der Waals surface area contributed by atoms with Gasteiger partial charge in [-0.3, -0.25) is 19.3 Å². The highest BCUT2D eigenvalue weighted by atomic mass is 16.5. The molecule has 2 N–H and O–H groups in total. The van der Waals surface area contributed by atoms with Crippen LogP contribution in [0.25, 0.3) is 0 Å². The largest absolute Gasteiger partial charge is 0.493 e. The average molecular weight is 490 g/mol. The van der Waals surface area contributed by atoms with E-state index in [1.165, 1.54) is 21.1 Å². The molecule has 3 rings (SSSR count). The molecule has 2 fully saturated rings. The minimum absolute atomic E-state index is 0.129. The van der Waals surface area contributed by atoms with E-state index < -0.39 is 42.0 Å². The molecule has 1 aromatic carbocycles. The number of ether oxygens (including phenoxy) is 3. The first-order chi connectivity index (χ1) is 16.4. The molecule has 10 nitrogen and oxygen atoms in total. The molecule has 0 bridgehead atoms. The lowest BCUT2D eigenvalue weighted by Gasteiger charge is -2.40. The summed E-state index contributed by atoms with van der Waals surface area (Å²) in [5.41, 5.74) is -0.405. The number of amides is 4. The summed E-state index contributed by atoms with van der Waals surface area (Å²) in [7, 11) is 2.98. The number of nitrogens with zero attached hydrogens (tertiary/aromatic N) is 1. The molecule has 0 aromatic heterocycles. The van der Waals surface area contributed by atoms with Gasteiger partial charge >= 0.3 is 12.0 Å². The molecule has 0 radical (unpaired) electrons. The van der Waals surface area contributed by atoms with E-state index in [0.29, 0.717) is 35.9 Å². The van der Waals surface area contributed by atoms with Crippen molar-refractivity contribution in [2.75, 3.05) is 26.1 Å². The van der Waals surface area contributed by atoms with Crippen molar-refractivity contribution in [1.29, 1.82) is 0 Å². The van der Waals surface area contributed by atoms with Gasteiger partial charge in [0.25, 0.3) is 11.8 Å². The van der Waals surface area contributed by atoms with E-state index in [-0.39, 0.29) is 5.41 Å². The maximum Gasteiger partial charge on any atom is 0.327 e. The number of esters is 1. The molecule has 1 aromatic rings. The van der Waals surface area contributed by atoms with Crippen molar-refractivity contribution in [1.82, 2.24) is 10.2 Å². The molecule has 35 heavy (non-hydrogen) atoms. The zero-order valence-corrected chi connectivity index (χ0v) is 21.2. The van der Waals surface area contributed by atoms with Gasteiger partial charge in [-0.05, 0) is 56.1 Å². The molecule has 1 heterocycles. The van der Waals surface area contributed by atoms with Gasteiger partial charge in [0.1, 0.15) is 12.1 Å². The Morgan fingerprint density at radius 2 is 1.77 bits per heavy atom. The maximum atomic E-state index is 13.1. The molecular formula is C25H35N3O7. The van der Waals surface area contributed by atoms with E-state index in [0.717, 1.165) is 17.7 Å². The summed E-state index contributed by atoms with van der Waals surface area (Å²) in [6.45, 7) is 7.39. The first kappa shape index (κ1) is 26.3. The molecular weight excluding hydrogens is 454 g/mol. The van der Waals surface area contributed by atoms with Gasteiger partial charge in [0.2, 0.25) is 0 Å². The second-order valence-electron chi connectivity index (χ2n) is 10.2. The summed E-state index contributed by atoms with van der Waals surface area (Å²) < 4.78 is 15.6. The predicted octanol–water partition coefficient (Wildman–Crippen LogP) is 3.10. The molecule has 2 aliphatic rings. The zero-order chi connectivity index (χ0) is 26.0. The number of rotatable bonds is 7. The molecule has 1 saturated carbocycles. The summed E-state index contributed by atoms with van der Waals surface area (Å²) in [4.78, 5) is 51.5. The summed E-state index contributed by atoms with van der Waals surface area (Å²) in [6, 6.07) is 4.22. The van der Waals surface area contributed by atoms with E-state index in [1.54, 1.807) is 18.2 Å². The van der Waals surface area contributed by atoms with Crippen molar-refractivity contribution >= 4 is 29.5 Å². The fourth-order valence-electron chi connectivity index (χ4n) is 4.71. The van der Waals surface area contributed by atoms with Crippen molar-refractivity contribution < 1.29 is 33.4 Å². The Bertz CT molecular complexity index is 993. The lowest BCUT2D eigenvalue weighted by Crippen LogP contribution is -2.50. The summed E-state index contributed by atoms with van der Waals surface area (Å²) in [5.74, 6) is -0.429. The third-order valence-electron chi connectivity index (χ3n) is 6.93. The number of anilines is 1. The quantitative estimate of drug-likeness (QED) is 0.446. The van der Waals surface area contributed by atoms with Gasteiger partial charge < -0.3 is 24.8 Å². The van der Waals surface area contributed by atoms with E-state index in [4.69, 9.17) is 14.2 Å². The summed E-state index contributed by atoms with van der Waals surface area (Å²) in [6.07, 6.45) is 1.57. The highest BCUT2D eigenvalue weighted by Gasteiger charge is 2.53. The third-order valence-corrected chi connectivity index (χ3v) is 6.93. The summed E-state index contributed by atoms with van der Waals surface area (Å²) in [5, 5.41) is 5.44. The number of hydrogen-bond donors (Lipinski definition) is 2. The molecule has 1 saturated heterocycles. The van der Waals surface area contributed by atoms with Crippen LogP contribution in [0.5, 0.6) is 11.5 Å². The molecule has 192 valence electrons. The highest BCUT2D eigenvalue weighted by molar-refractivity contribution is 6.09. The van der Waals surface area contributed by atoms with Gasteiger partial charge in [-0.15, -0.1) is 0 Å². The van der Waals surface area contributed by atoms with E-state index in [9.17, 15) is 19.2 Å². The van der Waals surface area contributed by atoms with Gasteiger partial charge in [-0.1, -0.05) is 20.8 Å². The van der Waals surface area contributed by atoms with Crippen molar-refractivity contribution in [3.63, 3.8) is 0 Å². The Hall–Kier alpha value is -3.30. The molecule has 1 aliphatic heterocycles. The predicted molar refractivity (Wildman–Crippen MR) is 128 cm³/mol. The minimum atomic E-state index is -1.15. The van der Waals surface area contributed by atoms with E-state index in [2.05, 4.69) is 31.4 Å². The number of benzene rings is 1. The van der Waals surface area contributed by atoms with Crippen LogP contribution < -0.4 is 20.1 Å². The van der Waals surface area contributed by atoms with Gasteiger partial charge in [0, 0.05) is 11.8 Å². The van der Waals surface area contributed by atoms with E-state index in [1.807, 2.05) is 0 Å². The van der Waals surface area contributed by atoms with Crippen molar-refractivity contribution in [3.8, 4) is 11.5 Å². The number of methoxy groups -OCH3 is 2. The Balaban J connectivity index is 1.55. The fourth-order valence-corrected chi connectivity index (χ4v) is 4.71. The summed E-state index contributed by atoms with van der Waals surface area (Å²) >= 11 is 0. The van der Waals surface area contributed by atoms with Crippen molar-refractivity contribution in [3.05, 3.63) is 18.2 Å². The van der Waals surface area contributed by atoms with Gasteiger partial charge in [0.15, 0.2) is 17.6 Å². The van der Waals surface area contributed by atoms with Crippen LogP contribution in [-0.4, -0.2) is 61.1 Å². The zero-order valence-electron chi connectivity index (χ0n) is 21.2. The molecule has 0 unspecified atom stereocenters. The first-order valence-electron chi connectivity index (χ1n) is 11.8. The Kier molecular flexibility index (Phi) is 7.62. The lowest BCUT2D eigenvalue weighted by molar-refractivity contribution is -0.155. The maximum absolute atomic E-state index is 13.1. The Labute approximate surface area is 205 Å². The molecule has 1 aliphatic carbocycles. The molecule has 10 heteroatoms. The van der Waals surface area contributed by atoms with Crippen LogP contribution in [0.1, 0.15) is 53.4 Å². The number of hydrogen-bond acceptors (Lipinski definition) is 7. The molecule has 4 amide bonds. The minimum Gasteiger partial charge on any atom is -0.493 e. The van der Waals surface area contributed by atoms with Crippen LogP contribution in [0, 0.1) is 11.3 Å². The number of urea groups is 1. The first-order valence-corrected chi connectivity index (χ1v) is 11.8. The van der Waals surface area contributed by atoms with Gasteiger partial charge in [-0.25, -0.2) is 4.79 Å². The van der Waals surface area contributed by atoms with Crippen LogP contribution in [0.3, 0.4) is 0 Å². The smallest absolute Gasteiger partial charge is 0.327 e. The second kappa shape index (κ2) is 10.1. The van der Waals surface area contributed by atoms with Crippen molar-refractivity contribution in [2.45, 2.75) is 65.0 Å². The third kappa shape index (κ3) is 5.68. The van der Waals surface area contributed by atoms with Crippen LogP contribution in [0.15, 0.2) is 18.2 Å². The topological polar surface area (TPSA) is 123 Å². The molecule has 1 spiro atoms. The lowest BCUT2D eigenvalue weighted by atomic mass is 9.67. The van der Waals surface area contributed by atoms with E-state index >= 15 is 0 Å². The monoisotopic (exact) mass is 489 g/mol. The fraction of sp³-hybridized carbons (Fsp3) is 0.600. The number of imide groups is 1. The molecule has 1 atom stereocenters. The Morgan fingerprint density at radius 3 is 2.34 bits per heavy atom. The standard InChI is InChI=1S/C25H35N3O7/c1-15(21(30)26-17-7-8-18(33-5)19(13-17)34-6)35-20(29)14-28-22(31)25(27-23(28)32)11-9-16(10-12-25)24(2,3)4/h7-8,13,15-16H,9-12,14H2,1-6H3,(H,26,30)(H,27,32)/t15-,16?,25?/m0/s1. The number of carbonyl (C=O) groups excluding carboxylic acids is 4. The number of nitrogens with one attached hydrogen (secondary N) is 2. The van der Waals surface area contributed by atoms with Crippen LogP contribution in [0.2, 0.25) is 0 Å². The van der Waals surface area contributed by atoms with Crippen molar-refractivity contribution in [2.24, 2.45) is 11.3 Å². The van der Waals surface area contributed by atoms with Crippen LogP contribution in [-0.2, 0) is 19.1 Å². The van der Waals surface area contributed by atoms with Gasteiger partial charge in [0.05, 0.1) is 14.2 Å². The Morgan fingerprint density at radius 1 is 1.14 bits per heavy atom.